The third-order valence-electron chi connectivity index (χ3n) is 4.32. The molecule has 1 aromatic rings. The molecule has 0 unspecified atom stereocenters. The smallest absolute Gasteiger partial charge is 0.269 e. The Kier molecular flexibility index (Phi) is 5.63. The Morgan fingerprint density at radius 3 is 2.62 bits per heavy atom. The van der Waals surface area contributed by atoms with E-state index in [9.17, 15) is 4.79 Å². The fraction of sp³-hybridized carbons (Fsp3) is 0.300. The molecule has 3 rings (SSSR count). The summed E-state index contributed by atoms with van der Waals surface area (Å²) in [5.74, 6) is 0.00440. The number of carbonyl (C=O) groups is 1. The van der Waals surface area contributed by atoms with Crippen LogP contribution < -0.4 is 0 Å². The Morgan fingerprint density at radius 2 is 1.96 bits per heavy atom. The Hall–Kier alpha value is -1.92. The summed E-state index contributed by atoms with van der Waals surface area (Å²) in [5.41, 5.74) is 3.22. The van der Waals surface area contributed by atoms with Crippen LogP contribution in [-0.2, 0) is 4.79 Å². The molecule has 0 bridgehead atoms. The number of nitrogens with zero attached hydrogens (tertiary/aromatic N) is 3. The molecule has 0 radical (unpaired) electrons. The molecule has 0 spiro atoms. The molecule has 4 nitrogen and oxygen atoms in total. The third kappa shape index (κ3) is 3.48. The zero-order valence-corrected chi connectivity index (χ0v) is 17.2. The lowest BCUT2D eigenvalue weighted by Crippen LogP contribution is -2.29. The van der Waals surface area contributed by atoms with Crippen LogP contribution in [0.3, 0.4) is 0 Å². The maximum Gasteiger partial charge on any atom is 0.269 e. The highest BCUT2D eigenvalue weighted by molar-refractivity contribution is 8.19. The van der Waals surface area contributed by atoms with Crippen LogP contribution in [-0.4, -0.2) is 34.0 Å². The van der Waals surface area contributed by atoms with Crippen molar-refractivity contribution in [2.45, 2.75) is 27.7 Å². The minimum Gasteiger partial charge on any atom is -0.338 e. The Bertz CT molecular complexity index is 854. The summed E-state index contributed by atoms with van der Waals surface area (Å²) in [6, 6.07) is 8.00. The standard InChI is InChI=1S/C20H23N3OS2/c1-6-11-23-18(24)17(19-22(7-2)14(4)15(5)25-19)26-20(23)21-16-10-8-9-13(3)12-16/h6,8-10,12H,1,7,11H2,2-5H3/b19-17-,21-20?. The van der Waals surface area contributed by atoms with Crippen LogP contribution in [0.25, 0.3) is 0 Å². The van der Waals surface area contributed by atoms with Crippen LogP contribution in [0.1, 0.15) is 26.3 Å². The number of carbonyl (C=O) groups excluding carboxylic acids is 1. The highest BCUT2D eigenvalue weighted by atomic mass is 32.2. The van der Waals surface area contributed by atoms with Gasteiger partial charge in [0.15, 0.2) is 5.17 Å². The van der Waals surface area contributed by atoms with Gasteiger partial charge in [-0.15, -0.1) is 6.58 Å². The fourth-order valence-electron chi connectivity index (χ4n) is 2.88. The van der Waals surface area contributed by atoms with Gasteiger partial charge in [-0.05, 0) is 57.2 Å². The lowest BCUT2D eigenvalue weighted by molar-refractivity contribution is -0.122. The van der Waals surface area contributed by atoms with Crippen LogP contribution in [0.2, 0.25) is 0 Å². The largest absolute Gasteiger partial charge is 0.338 e. The third-order valence-corrected chi connectivity index (χ3v) is 6.74. The summed E-state index contributed by atoms with van der Waals surface area (Å²) < 4.78 is 0. The van der Waals surface area contributed by atoms with Gasteiger partial charge in [-0.1, -0.05) is 30.0 Å². The van der Waals surface area contributed by atoms with Crippen LogP contribution >= 0.6 is 23.5 Å². The van der Waals surface area contributed by atoms with E-state index < -0.39 is 0 Å². The number of benzene rings is 1. The molecule has 2 aliphatic heterocycles. The summed E-state index contributed by atoms with van der Waals surface area (Å²) in [4.78, 5) is 23.7. The second-order valence-corrected chi connectivity index (χ2v) is 8.34. The van der Waals surface area contributed by atoms with Crippen molar-refractivity contribution in [3.05, 3.63) is 63.0 Å². The van der Waals surface area contributed by atoms with Crippen LogP contribution in [0.5, 0.6) is 0 Å². The van der Waals surface area contributed by atoms with Crippen molar-refractivity contribution in [3.8, 4) is 0 Å². The molecular weight excluding hydrogens is 362 g/mol. The highest BCUT2D eigenvalue weighted by Gasteiger charge is 2.38. The van der Waals surface area contributed by atoms with Crippen molar-refractivity contribution < 1.29 is 4.79 Å². The van der Waals surface area contributed by atoms with Gasteiger partial charge in [-0.25, -0.2) is 4.99 Å². The van der Waals surface area contributed by atoms with Gasteiger partial charge in [-0.2, -0.15) is 0 Å². The van der Waals surface area contributed by atoms with Crippen molar-refractivity contribution in [2.24, 2.45) is 4.99 Å². The van der Waals surface area contributed by atoms with Crippen LogP contribution in [0.4, 0.5) is 5.69 Å². The number of amidine groups is 1. The van der Waals surface area contributed by atoms with Crippen molar-refractivity contribution in [3.63, 3.8) is 0 Å². The molecule has 2 heterocycles. The first-order valence-electron chi connectivity index (χ1n) is 8.59. The van der Waals surface area contributed by atoms with E-state index in [1.807, 2.05) is 31.2 Å². The first-order chi connectivity index (χ1) is 12.5. The molecule has 26 heavy (non-hydrogen) atoms. The SMILES string of the molecule is C=CCN1C(=O)/C(=C2/SC(C)=C(C)N2CC)SC1=Nc1cccc(C)c1. The van der Waals surface area contributed by atoms with Gasteiger partial charge in [0, 0.05) is 23.7 Å². The second-order valence-electron chi connectivity index (χ2n) is 6.16. The molecule has 6 heteroatoms. The lowest BCUT2D eigenvalue weighted by Gasteiger charge is -2.20. The van der Waals surface area contributed by atoms with E-state index in [4.69, 9.17) is 4.99 Å². The molecular formula is C20H23N3OS2. The second kappa shape index (κ2) is 7.76. The zero-order chi connectivity index (χ0) is 18.8. The molecule has 0 N–H and O–H groups in total. The number of hydrogen-bond acceptors (Lipinski definition) is 5. The first kappa shape index (κ1) is 18.9. The number of thioether (sulfide) groups is 2. The Morgan fingerprint density at radius 1 is 1.19 bits per heavy atom. The highest BCUT2D eigenvalue weighted by Crippen LogP contribution is 2.47. The normalized spacial score (nSPS) is 22.2. The Balaban J connectivity index is 2.02. The Labute approximate surface area is 163 Å². The summed E-state index contributed by atoms with van der Waals surface area (Å²) in [6.07, 6.45) is 1.74. The van der Waals surface area contributed by atoms with E-state index in [0.29, 0.717) is 11.7 Å². The zero-order valence-electron chi connectivity index (χ0n) is 15.6. The molecule has 136 valence electrons. The molecule has 0 atom stereocenters. The van der Waals surface area contributed by atoms with Gasteiger partial charge in [0.05, 0.1) is 10.7 Å². The van der Waals surface area contributed by atoms with Gasteiger partial charge < -0.3 is 4.90 Å². The van der Waals surface area contributed by atoms with Crippen molar-refractivity contribution in [2.75, 3.05) is 13.1 Å². The summed E-state index contributed by atoms with van der Waals surface area (Å²) in [6.45, 7) is 13.4. The van der Waals surface area contributed by atoms with Crippen molar-refractivity contribution >= 4 is 40.3 Å². The van der Waals surface area contributed by atoms with E-state index in [0.717, 1.165) is 27.7 Å². The summed E-state index contributed by atoms with van der Waals surface area (Å²) in [5, 5.41) is 1.72. The van der Waals surface area contributed by atoms with Crippen LogP contribution in [0.15, 0.2) is 62.4 Å². The predicted molar refractivity (Wildman–Crippen MR) is 113 cm³/mol. The number of hydrogen-bond donors (Lipinski definition) is 0. The minimum atomic E-state index is 0.00440. The average Bonchev–Trinajstić information content (AvgIpc) is 3.06. The van der Waals surface area contributed by atoms with Gasteiger partial charge in [0.2, 0.25) is 0 Å². The molecule has 1 fully saturated rings. The van der Waals surface area contributed by atoms with Gasteiger partial charge in [0.25, 0.3) is 5.91 Å². The molecule has 1 aromatic carbocycles. The fourth-order valence-corrected chi connectivity index (χ4v) is 5.23. The molecule has 0 aliphatic carbocycles. The van der Waals surface area contributed by atoms with E-state index in [-0.39, 0.29) is 5.91 Å². The number of allylic oxidation sites excluding steroid dienone is 2. The molecule has 0 saturated carbocycles. The lowest BCUT2D eigenvalue weighted by atomic mass is 10.2. The average molecular weight is 386 g/mol. The number of amides is 1. The first-order valence-corrected chi connectivity index (χ1v) is 10.2. The van der Waals surface area contributed by atoms with Gasteiger partial charge in [0.1, 0.15) is 4.91 Å². The predicted octanol–water partition coefficient (Wildman–Crippen LogP) is 5.23. The quantitative estimate of drug-likeness (QED) is 0.525. The monoisotopic (exact) mass is 385 g/mol. The maximum atomic E-state index is 13.1. The number of aliphatic imine (C=N–C) groups is 1. The van der Waals surface area contributed by atoms with Gasteiger partial charge >= 0.3 is 0 Å². The molecule has 1 saturated heterocycles. The molecule has 2 aliphatic rings. The minimum absolute atomic E-state index is 0.00440. The molecule has 0 aromatic heterocycles. The number of aryl methyl sites for hydroxylation is 1. The van der Waals surface area contributed by atoms with E-state index in [1.165, 1.54) is 22.4 Å². The molecule has 1 amide bonds. The topological polar surface area (TPSA) is 35.9 Å². The maximum absolute atomic E-state index is 13.1. The van der Waals surface area contributed by atoms with E-state index >= 15 is 0 Å². The van der Waals surface area contributed by atoms with Crippen LogP contribution in [0, 0.1) is 6.92 Å². The van der Waals surface area contributed by atoms with E-state index in [1.54, 1.807) is 22.7 Å². The van der Waals surface area contributed by atoms with Crippen molar-refractivity contribution in [1.82, 2.24) is 9.80 Å². The van der Waals surface area contributed by atoms with E-state index in [2.05, 4.69) is 32.3 Å². The number of rotatable bonds is 4. The van der Waals surface area contributed by atoms with Crippen molar-refractivity contribution in [1.29, 1.82) is 0 Å². The summed E-state index contributed by atoms with van der Waals surface area (Å²) >= 11 is 3.13. The van der Waals surface area contributed by atoms with Gasteiger partial charge in [-0.3, -0.25) is 9.69 Å². The summed E-state index contributed by atoms with van der Waals surface area (Å²) in [7, 11) is 0.